The number of rotatable bonds is 0. The number of hydrogen-bond donors (Lipinski definition) is 1. The van der Waals surface area contributed by atoms with Crippen molar-refractivity contribution in [3.63, 3.8) is 0 Å². The molecule has 0 fully saturated rings. The van der Waals surface area contributed by atoms with Gasteiger partial charge in [0.1, 0.15) is 0 Å². The number of nitrogens with zero attached hydrogens (tertiary/aromatic N) is 2. The lowest BCUT2D eigenvalue weighted by Crippen LogP contribution is -2.19. The number of aromatic amines is 1. The molecule has 0 saturated carbocycles. The summed E-state index contributed by atoms with van der Waals surface area (Å²) in [7, 11) is 0. The summed E-state index contributed by atoms with van der Waals surface area (Å²) >= 11 is 3.06. The first-order valence-corrected chi connectivity index (χ1v) is 4.80. The van der Waals surface area contributed by atoms with Crippen LogP contribution < -0.4 is 5.56 Å². The molecule has 0 spiro atoms. The van der Waals surface area contributed by atoms with Crippen LogP contribution in [-0.2, 0) is 6.18 Å². The summed E-state index contributed by atoms with van der Waals surface area (Å²) in [5.74, 6) is -1.35. The van der Waals surface area contributed by atoms with Crippen molar-refractivity contribution in [2.24, 2.45) is 0 Å². The van der Waals surface area contributed by atoms with Crippen LogP contribution in [0.3, 0.4) is 0 Å². The number of hydrogen-bond acceptors (Lipinski definition) is 3. The Labute approximate surface area is 94.7 Å². The van der Waals surface area contributed by atoms with E-state index in [9.17, 15) is 18.0 Å². The van der Waals surface area contributed by atoms with Crippen LogP contribution in [-0.4, -0.2) is 15.0 Å². The van der Waals surface area contributed by atoms with E-state index >= 15 is 0 Å². The molecule has 0 saturated heterocycles. The van der Waals surface area contributed by atoms with Crippen molar-refractivity contribution >= 4 is 27.0 Å². The molecule has 0 atom stereocenters. The Hall–Kier alpha value is -1.44. The number of aromatic nitrogens is 3. The summed E-state index contributed by atoms with van der Waals surface area (Å²) in [6, 6.07) is 1.36. The van der Waals surface area contributed by atoms with Gasteiger partial charge < -0.3 is 4.98 Å². The van der Waals surface area contributed by atoms with Crippen molar-refractivity contribution < 1.29 is 13.2 Å². The van der Waals surface area contributed by atoms with Crippen LogP contribution in [0.5, 0.6) is 0 Å². The van der Waals surface area contributed by atoms with Gasteiger partial charge in [-0.05, 0) is 22.0 Å². The third-order valence-corrected chi connectivity index (χ3v) is 2.23. The van der Waals surface area contributed by atoms with Crippen LogP contribution in [0, 0.1) is 0 Å². The molecule has 0 unspecified atom stereocenters. The molecule has 0 radical (unpaired) electrons. The molecule has 0 aliphatic heterocycles. The monoisotopic (exact) mass is 293 g/mol. The predicted molar refractivity (Wildman–Crippen MR) is 52.9 cm³/mol. The Balaban J connectivity index is 2.79. The maximum Gasteiger partial charge on any atom is 0.449 e. The molecule has 4 nitrogen and oxygen atoms in total. The standard InChI is InChI=1S/C8H3BrF3N3O/c9-3-1-4-5(13-2-3)14-7(8(10,11)12)15-6(4)16/h1-2H,(H,13,14,15,16). The quantitative estimate of drug-likeness (QED) is 0.809. The van der Waals surface area contributed by atoms with Gasteiger partial charge in [-0.1, -0.05) is 0 Å². The molecule has 8 heteroatoms. The normalized spacial score (nSPS) is 12.0. The number of H-pyrrole nitrogens is 1. The molecule has 2 aromatic heterocycles. The minimum atomic E-state index is -4.69. The fraction of sp³-hybridized carbons (Fsp3) is 0.125. The van der Waals surface area contributed by atoms with E-state index in [1.807, 2.05) is 0 Å². The lowest BCUT2D eigenvalue weighted by atomic mass is 10.3. The van der Waals surface area contributed by atoms with Gasteiger partial charge in [0.15, 0.2) is 5.65 Å². The molecule has 1 N–H and O–H groups in total. The van der Waals surface area contributed by atoms with Crippen molar-refractivity contribution in [1.82, 2.24) is 15.0 Å². The average Bonchev–Trinajstić information content (AvgIpc) is 2.17. The Morgan fingerprint density at radius 3 is 2.69 bits per heavy atom. The second-order valence-corrected chi connectivity index (χ2v) is 3.85. The highest BCUT2D eigenvalue weighted by Gasteiger charge is 2.34. The van der Waals surface area contributed by atoms with E-state index in [0.29, 0.717) is 4.47 Å². The Morgan fingerprint density at radius 1 is 1.38 bits per heavy atom. The summed E-state index contributed by atoms with van der Waals surface area (Å²) in [6.45, 7) is 0. The van der Waals surface area contributed by atoms with Gasteiger partial charge in [0.25, 0.3) is 5.56 Å². The summed E-state index contributed by atoms with van der Waals surface area (Å²) in [5, 5.41) is 0.00220. The molecule has 0 bridgehead atoms. The van der Waals surface area contributed by atoms with Gasteiger partial charge in [-0.2, -0.15) is 13.2 Å². The van der Waals surface area contributed by atoms with Gasteiger partial charge in [-0.25, -0.2) is 9.97 Å². The number of pyridine rings is 1. The van der Waals surface area contributed by atoms with Gasteiger partial charge in [0.05, 0.1) is 5.39 Å². The molecule has 0 aliphatic carbocycles. The van der Waals surface area contributed by atoms with Crippen molar-refractivity contribution in [2.75, 3.05) is 0 Å². The topological polar surface area (TPSA) is 58.6 Å². The van der Waals surface area contributed by atoms with Gasteiger partial charge in [0.2, 0.25) is 5.82 Å². The summed E-state index contributed by atoms with van der Waals surface area (Å²) in [6.07, 6.45) is -3.42. The minimum Gasteiger partial charge on any atom is -0.302 e. The molecular formula is C8H3BrF3N3O. The highest BCUT2D eigenvalue weighted by molar-refractivity contribution is 9.10. The Bertz CT molecular complexity index is 607. The zero-order chi connectivity index (χ0) is 11.9. The van der Waals surface area contributed by atoms with Crippen molar-refractivity contribution in [1.29, 1.82) is 0 Å². The van der Waals surface area contributed by atoms with Crippen LogP contribution in [0.2, 0.25) is 0 Å². The summed E-state index contributed by atoms with van der Waals surface area (Å²) < 4.78 is 37.4. The fourth-order valence-electron chi connectivity index (χ4n) is 1.13. The zero-order valence-electron chi connectivity index (χ0n) is 7.47. The molecule has 84 valence electrons. The fourth-order valence-corrected chi connectivity index (χ4v) is 1.46. The average molecular weight is 294 g/mol. The first kappa shape index (κ1) is 11.1. The number of halogens is 4. The molecule has 2 heterocycles. The van der Waals surface area contributed by atoms with E-state index in [0.717, 1.165) is 0 Å². The van der Waals surface area contributed by atoms with Gasteiger partial charge in [-0.3, -0.25) is 4.79 Å². The van der Waals surface area contributed by atoms with E-state index in [1.54, 1.807) is 4.98 Å². The highest BCUT2D eigenvalue weighted by atomic mass is 79.9. The first-order valence-electron chi connectivity index (χ1n) is 4.01. The van der Waals surface area contributed by atoms with Gasteiger partial charge in [-0.15, -0.1) is 0 Å². The third kappa shape index (κ3) is 1.92. The molecular weight excluding hydrogens is 291 g/mol. The summed E-state index contributed by atoms with van der Waals surface area (Å²) in [5.41, 5.74) is -1.11. The van der Waals surface area contributed by atoms with Gasteiger partial charge >= 0.3 is 6.18 Å². The SMILES string of the molecule is O=c1[nH]c(C(F)(F)F)nc2ncc(Br)cc12. The van der Waals surface area contributed by atoms with Crippen molar-refractivity contribution in [3.05, 3.63) is 32.9 Å². The van der Waals surface area contributed by atoms with E-state index in [2.05, 4.69) is 25.9 Å². The maximum atomic E-state index is 12.3. The van der Waals surface area contributed by atoms with Crippen molar-refractivity contribution in [3.8, 4) is 0 Å². The lowest BCUT2D eigenvalue weighted by Gasteiger charge is -2.05. The van der Waals surface area contributed by atoms with Gasteiger partial charge in [0, 0.05) is 10.7 Å². The minimum absolute atomic E-state index is 0.00220. The largest absolute Gasteiger partial charge is 0.449 e. The Kier molecular flexibility index (Phi) is 2.45. The van der Waals surface area contributed by atoms with Crippen LogP contribution in [0.1, 0.15) is 5.82 Å². The molecule has 2 rings (SSSR count). The van der Waals surface area contributed by atoms with Crippen LogP contribution >= 0.6 is 15.9 Å². The molecule has 0 aromatic carbocycles. The number of nitrogens with one attached hydrogen (secondary N) is 1. The number of fused-ring (bicyclic) bond motifs is 1. The molecule has 2 aromatic rings. The highest BCUT2D eigenvalue weighted by Crippen LogP contribution is 2.25. The van der Waals surface area contributed by atoms with E-state index in [-0.39, 0.29) is 11.0 Å². The van der Waals surface area contributed by atoms with Crippen LogP contribution in [0.15, 0.2) is 21.5 Å². The van der Waals surface area contributed by atoms with Crippen LogP contribution in [0.4, 0.5) is 13.2 Å². The second-order valence-electron chi connectivity index (χ2n) is 2.94. The molecule has 16 heavy (non-hydrogen) atoms. The van der Waals surface area contributed by atoms with E-state index < -0.39 is 17.6 Å². The maximum absolute atomic E-state index is 12.3. The zero-order valence-corrected chi connectivity index (χ0v) is 9.06. The first-order chi connectivity index (χ1) is 7.38. The van der Waals surface area contributed by atoms with E-state index in [1.165, 1.54) is 12.3 Å². The lowest BCUT2D eigenvalue weighted by molar-refractivity contribution is -0.144. The predicted octanol–water partition coefficient (Wildman–Crippen LogP) is 2.10. The smallest absolute Gasteiger partial charge is 0.302 e. The molecule has 0 aliphatic rings. The van der Waals surface area contributed by atoms with Crippen LogP contribution in [0.25, 0.3) is 11.0 Å². The molecule has 0 amide bonds. The van der Waals surface area contributed by atoms with Crippen molar-refractivity contribution in [2.45, 2.75) is 6.18 Å². The Morgan fingerprint density at radius 2 is 2.06 bits per heavy atom. The second kappa shape index (κ2) is 3.55. The number of alkyl halides is 3. The van der Waals surface area contributed by atoms with E-state index in [4.69, 9.17) is 0 Å². The summed E-state index contributed by atoms with van der Waals surface area (Å²) in [4.78, 5) is 19.9. The third-order valence-electron chi connectivity index (χ3n) is 1.80.